The van der Waals surface area contributed by atoms with Crippen molar-refractivity contribution >= 4 is 39.9 Å². The maximum atomic E-state index is 13.0. The van der Waals surface area contributed by atoms with Gasteiger partial charge >= 0.3 is 0 Å². The second-order valence-corrected chi connectivity index (χ2v) is 10.3. The van der Waals surface area contributed by atoms with Crippen molar-refractivity contribution in [3.05, 3.63) is 72.5 Å². The van der Waals surface area contributed by atoms with Gasteiger partial charge in [-0.15, -0.1) is 0 Å². The summed E-state index contributed by atoms with van der Waals surface area (Å²) < 4.78 is 6.38. The molecule has 0 spiro atoms. The average Bonchev–Trinajstić information content (AvgIpc) is 3.47. The Balaban J connectivity index is 1.47. The zero-order chi connectivity index (χ0) is 27.0. The number of benzene rings is 2. The van der Waals surface area contributed by atoms with Gasteiger partial charge in [0, 0.05) is 36.0 Å². The molecule has 0 atom stereocenters. The molecule has 1 aromatic heterocycles. The van der Waals surface area contributed by atoms with E-state index >= 15 is 0 Å². The molecule has 1 amide bonds. The van der Waals surface area contributed by atoms with E-state index in [9.17, 15) is 10.1 Å². The summed E-state index contributed by atoms with van der Waals surface area (Å²) in [4.78, 5) is 19.9. The van der Waals surface area contributed by atoms with Crippen molar-refractivity contribution in [3.63, 3.8) is 0 Å². The summed E-state index contributed by atoms with van der Waals surface area (Å²) in [5, 5.41) is 17.0. The molecule has 2 heterocycles. The van der Waals surface area contributed by atoms with E-state index in [1.165, 1.54) is 19.3 Å². The molecule has 0 bridgehead atoms. The fourth-order valence-corrected chi connectivity index (χ4v) is 5.33. The monoisotopic (exact) mass is 521 g/mol. The third-order valence-corrected chi connectivity index (χ3v) is 7.42. The third kappa shape index (κ3) is 6.65. The first kappa shape index (κ1) is 26.5. The van der Waals surface area contributed by atoms with Gasteiger partial charge in [0.1, 0.15) is 11.8 Å². The highest BCUT2D eigenvalue weighted by Gasteiger charge is 2.21. The molecular formula is C32H35N5O2. The minimum Gasteiger partial charge on any atom is -0.488 e. The number of nitriles is 1. The van der Waals surface area contributed by atoms with E-state index in [0.29, 0.717) is 28.2 Å². The predicted molar refractivity (Wildman–Crippen MR) is 157 cm³/mol. The van der Waals surface area contributed by atoms with Crippen molar-refractivity contribution in [2.75, 3.05) is 30.3 Å². The van der Waals surface area contributed by atoms with Gasteiger partial charge in [-0.25, -0.2) is 0 Å². The van der Waals surface area contributed by atoms with E-state index in [1.807, 2.05) is 42.5 Å². The Morgan fingerprint density at radius 2 is 1.97 bits per heavy atom. The molecule has 7 heteroatoms. The SMILES string of the molecule is C=Cc1cccc(Nc2c(C#N)cnc3cc(OC4CCCC4)c(NC(=O)/C=C/CN4CCCCC4)cc23)c1. The van der Waals surface area contributed by atoms with Crippen molar-refractivity contribution in [1.29, 1.82) is 5.26 Å². The maximum Gasteiger partial charge on any atom is 0.248 e. The first-order valence-electron chi connectivity index (χ1n) is 13.9. The number of aromatic nitrogens is 1. The van der Waals surface area contributed by atoms with E-state index in [-0.39, 0.29) is 12.0 Å². The van der Waals surface area contributed by atoms with Crippen LogP contribution in [-0.2, 0) is 4.79 Å². The van der Waals surface area contributed by atoms with Crippen molar-refractivity contribution in [2.45, 2.75) is 51.0 Å². The average molecular weight is 522 g/mol. The molecule has 0 radical (unpaired) electrons. The second kappa shape index (κ2) is 12.6. The third-order valence-electron chi connectivity index (χ3n) is 7.42. The predicted octanol–water partition coefficient (Wildman–Crippen LogP) is 6.80. The van der Waals surface area contributed by atoms with Crippen LogP contribution in [0, 0.1) is 11.3 Å². The van der Waals surface area contributed by atoms with Crippen molar-refractivity contribution in [3.8, 4) is 11.8 Å². The van der Waals surface area contributed by atoms with Crippen LogP contribution < -0.4 is 15.4 Å². The highest BCUT2D eigenvalue weighted by atomic mass is 16.5. The van der Waals surface area contributed by atoms with Gasteiger partial charge in [-0.3, -0.25) is 14.7 Å². The van der Waals surface area contributed by atoms with Crippen molar-refractivity contribution in [2.24, 2.45) is 0 Å². The number of nitrogens with one attached hydrogen (secondary N) is 2. The molecule has 1 aliphatic heterocycles. The van der Waals surface area contributed by atoms with Crippen LogP contribution in [0.5, 0.6) is 5.75 Å². The Kier molecular flexibility index (Phi) is 8.55. The number of fused-ring (bicyclic) bond motifs is 1. The summed E-state index contributed by atoms with van der Waals surface area (Å²) in [6, 6.07) is 13.8. The normalized spacial score (nSPS) is 16.3. The Morgan fingerprint density at radius 3 is 2.74 bits per heavy atom. The number of anilines is 3. The van der Waals surface area contributed by atoms with Crippen LogP contribution in [0.1, 0.15) is 56.1 Å². The van der Waals surface area contributed by atoms with Gasteiger partial charge < -0.3 is 15.4 Å². The van der Waals surface area contributed by atoms with Crippen LogP contribution in [0.4, 0.5) is 17.1 Å². The quantitative estimate of drug-likeness (QED) is 0.301. The number of ether oxygens (including phenoxy) is 1. The lowest BCUT2D eigenvalue weighted by atomic mass is 10.1. The van der Waals surface area contributed by atoms with Gasteiger partial charge in [0.25, 0.3) is 0 Å². The molecule has 7 nitrogen and oxygen atoms in total. The molecule has 2 aromatic carbocycles. The number of carbonyl (C=O) groups is 1. The van der Waals surface area contributed by atoms with E-state index in [4.69, 9.17) is 4.74 Å². The number of carbonyl (C=O) groups excluding carboxylic acids is 1. The van der Waals surface area contributed by atoms with Crippen LogP contribution in [0.3, 0.4) is 0 Å². The Hall–Kier alpha value is -4.15. The number of hydrogen-bond acceptors (Lipinski definition) is 6. The molecule has 200 valence electrons. The maximum absolute atomic E-state index is 13.0. The molecule has 1 aliphatic carbocycles. The summed E-state index contributed by atoms with van der Waals surface area (Å²) >= 11 is 0. The van der Waals surface area contributed by atoms with Gasteiger partial charge in [-0.05, 0) is 75.4 Å². The minimum absolute atomic E-state index is 0.116. The number of amides is 1. The molecule has 5 rings (SSSR count). The number of pyridine rings is 1. The van der Waals surface area contributed by atoms with Crippen LogP contribution in [0.2, 0.25) is 0 Å². The van der Waals surface area contributed by atoms with E-state index in [2.05, 4.69) is 33.2 Å². The molecule has 2 aliphatic rings. The summed E-state index contributed by atoms with van der Waals surface area (Å²) in [6.45, 7) is 6.77. The van der Waals surface area contributed by atoms with E-state index < -0.39 is 0 Å². The zero-order valence-electron chi connectivity index (χ0n) is 22.3. The first-order chi connectivity index (χ1) is 19.1. The molecule has 0 unspecified atom stereocenters. The summed E-state index contributed by atoms with van der Waals surface area (Å²) in [5.74, 6) is 0.393. The zero-order valence-corrected chi connectivity index (χ0v) is 22.3. The standard InChI is InChI=1S/C32H35N5O2/c1-2-23-10-8-11-25(18-23)35-32-24(21-33)22-34-28-20-30(39-26-12-4-5-13-26)29(19-27(28)32)36-31(38)14-9-17-37-15-6-3-7-16-37/h2,8-11,14,18-20,22,26H,1,3-7,12-13,15-17H2,(H,34,35)(H,36,38)/b14-9+. The second-order valence-electron chi connectivity index (χ2n) is 10.3. The van der Waals surface area contributed by atoms with Gasteiger partial charge in [-0.1, -0.05) is 37.3 Å². The Labute approximate surface area is 230 Å². The molecule has 1 saturated carbocycles. The number of nitrogens with zero attached hydrogens (tertiary/aromatic N) is 3. The van der Waals surface area contributed by atoms with Crippen LogP contribution in [0.25, 0.3) is 17.0 Å². The van der Waals surface area contributed by atoms with Gasteiger partial charge in [-0.2, -0.15) is 5.26 Å². The number of hydrogen-bond donors (Lipinski definition) is 2. The molecule has 39 heavy (non-hydrogen) atoms. The van der Waals surface area contributed by atoms with E-state index in [0.717, 1.165) is 62.0 Å². The highest BCUT2D eigenvalue weighted by molar-refractivity contribution is 6.04. The highest BCUT2D eigenvalue weighted by Crippen LogP contribution is 2.38. The number of piperidine rings is 1. The van der Waals surface area contributed by atoms with Crippen molar-refractivity contribution < 1.29 is 9.53 Å². The van der Waals surface area contributed by atoms with E-state index in [1.54, 1.807) is 18.3 Å². The molecular weight excluding hydrogens is 486 g/mol. The Bertz CT molecular complexity index is 1410. The lowest BCUT2D eigenvalue weighted by molar-refractivity contribution is -0.111. The largest absolute Gasteiger partial charge is 0.488 e. The molecule has 2 fully saturated rings. The Morgan fingerprint density at radius 1 is 1.15 bits per heavy atom. The van der Waals surface area contributed by atoms with Crippen molar-refractivity contribution in [1.82, 2.24) is 9.88 Å². The first-order valence-corrected chi connectivity index (χ1v) is 13.9. The molecule has 2 N–H and O–H groups in total. The number of likely N-dealkylation sites (tertiary alicyclic amines) is 1. The number of rotatable bonds is 9. The summed E-state index contributed by atoms with van der Waals surface area (Å²) in [5.41, 5.74) is 4.09. The molecule has 3 aromatic rings. The smallest absolute Gasteiger partial charge is 0.248 e. The van der Waals surface area contributed by atoms with Crippen LogP contribution in [-0.4, -0.2) is 41.5 Å². The van der Waals surface area contributed by atoms with Crippen LogP contribution in [0.15, 0.2) is 61.3 Å². The fraction of sp³-hybridized carbons (Fsp3) is 0.344. The lowest BCUT2D eigenvalue weighted by Gasteiger charge is -2.24. The molecule has 1 saturated heterocycles. The van der Waals surface area contributed by atoms with Gasteiger partial charge in [0.2, 0.25) is 5.91 Å². The fourth-order valence-electron chi connectivity index (χ4n) is 5.33. The summed E-state index contributed by atoms with van der Waals surface area (Å²) in [6.07, 6.45) is 15.0. The summed E-state index contributed by atoms with van der Waals surface area (Å²) in [7, 11) is 0. The van der Waals surface area contributed by atoms with Gasteiger partial charge in [0.15, 0.2) is 0 Å². The van der Waals surface area contributed by atoms with Gasteiger partial charge in [0.05, 0.1) is 28.6 Å². The minimum atomic E-state index is -0.208. The topological polar surface area (TPSA) is 90.3 Å². The van der Waals surface area contributed by atoms with Crippen LogP contribution >= 0.6 is 0 Å². The lowest BCUT2D eigenvalue weighted by Crippen LogP contribution is -2.29.